The number of carbonyl (C=O) groups is 1. The molecule has 0 unspecified atom stereocenters. The monoisotopic (exact) mass is 208 g/mol. The van der Waals surface area contributed by atoms with E-state index in [1.165, 1.54) is 0 Å². The van der Waals surface area contributed by atoms with Gasteiger partial charge in [-0.25, -0.2) is 4.79 Å². The maximum atomic E-state index is 10.8. The number of urea groups is 1. The lowest BCUT2D eigenvalue weighted by atomic mass is 10.3. The standard InChI is InChI=1S/C10H16N4O/c1-11-10(15)14-7-6-12-8-9-4-2-3-5-13-9/h2-5,12H,6-8H2,1H3,(H2,11,14,15). The number of nitrogens with zero attached hydrogens (tertiary/aromatic N) is 1. The Morgan fingerprint density at radius 1 is 1.40 bits per heavy atom. The molecule has 0 bridgehead atoms. The summed E-state index contributed by atoms with van der Waals surface area (Å²) in [5, 5.41) is 8.35. The van der Waals surface area contributed by atoms with E-state index in [9.17, 15) is 4.79 Å². The van der Waals surface area contributed by atoms with Crippen molar-refractivity contribution < 1.29 is 4.79 Å². The van der Waals surface area contributed by atoms with Crippen LogP contribution in [0.4, 0.5) is 4.79 Å². The highest BCUT2D eigenvalue weighted by molar-refractivity contribution is 5.73. The van der Waals surface area contributed by atoms with Crippen molar-refractivity contribution in [3.05, 3.63) is 30.1 Å². The summed E-state index contributed by atoms with van der Waals surface area (Å²) in [6.07, 6.45) is 1.76. The molecule has 5 nitrogen and oxygen atoms in total. The Morgan fingerprint density at radius 2 is 2.27 bits per heavy atom. The molecular formula is C10H16N4O. The molecule has 0 fully saturated rings. The Hall–Kier alpha value is -1.62. The first-order valence-corrected chi connectivity index (χ1v) is 4.89. The zero-order valence-electron chi connectivity index (χ0n) is 8.79. The van der Waals surface area contributed by atoms with Crippen molar-refractivity contribution in [1.29, 1.82) is 0 Å². The smallest absolute Gasteiger partial charge is 0.314 e. The van der Waals surface area contributed by atoms with E-state index in [2.05, 4.69) is 20.9 Å². The zero-order valence-corrected chi connectivity index (χ0v) is 8.79. The van der Waals surface area contributed by atoms with Gasteiger partial charge in [0.15, 0.2) is 0 Å². The van der Waals surface area contributed by atoms with Crippen LogP contribution in [0.25, 0.3) is 0 Å². The molecule has 0 aliphatic carbocycles. The number of aromatic nitrogens is 1. The molecule has 15 heavy (non-hydrogen) atoms. The molecule has 1 heterocycles. The van der Waals surface area contributed by atoms with Crippen molar-refractivity contribution in [3.63, 3.8) is 0 Å². The van der Waals surface area contributed by atoms with E-state index < -0.39 is 0 Å². The Balaban J connectivity index is 2.05. The predicted octanol–water partition coefficient (Wildman–Crippen LogP) is 0.100. The van der Waals surface area contributed by atoms with Gasteiger partial charge in [0.25, 0.3) is 0 Å². The van der Waals surface area contributed by atoms with Crippen LogP contribution < -0.4 is 16.0 Å². The molecule has 5 heteroatoms. The van der Waals surface area contributed by atoms with E-state index in [1.807, 2.05) is 18.2 Å². The normalized spacial score (nSPS) is 9.67. The Bertz CT molecular complexity index is 289. The third kappa shape index (κ3) is 4.97. The molecule has 0 atom stereocenters. The van der Waals surface area contributed by atoms with Gasteiger partial charge >= 0.3 is 6.03 Å². The molecule has 0 saturated heterocycles. The van der Waals surface area contributed by atoms with E-state index in [-0.39, 0.29) is 6.03 Å². The first kappa shape index (κ1) is 11.5. The molecule has 3 N–H and O–H groups in total. The number of rotatable bonds is 5. The van der Waals surface area contributed by atoms with Gasteiger partial charge in [-0.3, -0.25) is 4.98 Å². The second-order valence-corrected chi connectivity index (χ2v) is 3.00. The summed E-state index contributed by atoms with van der Waals surface area (Å²) in [5.74, 6) is 0. The second kappa shape index (κ2) is 6.78. The van der Waals surface area contributed by atoms with Gasteiger partial charge in [0.1, 0.15) is 0 Å². The van der Waals surface area contributed by atoms with Crippen LogP contribution in [0.15, 0.2) is 24.4 Å². The number of hydrogen-bond donors (Lipinski definition) is 3. The van der Waals surface area contributed by atoms with Gasteiger partial charge in [-0.2, -0.15) is 0 Å². The molecule has 0 aromatic carbocycles. The number of hydrogen-bond acceptors (Lipinski definition) is 3. The van der Waals surface area contributed by atoms with E-state index >= 15 is 0 Å². The third-order valence-corrected chi connectivity index (χ3v) is 1.85. The minimum atomic E-state index is -0.158. The Morgan fingerprint density at radius 3 is 2.93 bits per heavy atom. The first-order valence-electron chi connectivity index (χ1n) is 4.89. The summed E-state index contributed by atoms with van der Waals surface area (Å²) in [6, 6.07) is 5.64. The summed E-state index contributed by atoms with van der Waals surface area (Å²) in [4.78, 5) is 14.9. The fourth-order valence-corrected chi connectivity index (χ4v) is 1.07. The van der Waals surface area contributed by atoms with Crippen LogP contribution in [0.3, 0.4) is 0 Å². The van der Waals surface area contributed by atoms with Crippen molar-refractivity contribution in [2.45, 2.75) is 6.54 Å². The maximum Gasteiger partial charge on any atom is 0.314 e. The lowest BCUT2D eigenvalue weighted by Crippen LogP contribution is -2.37. The maximum absolute atomic E-state index is 10.8. The highest BCUT2D eigenvalue weighted by atomic mass is 16.2. The largest absolute Gasteiger partial charge is 0.341 e. The average Bonchev–Trinajstić information content (AvgIpc) is 2.29. The molecule has 2 amide bonds. The summed E-state index contributed by atoms with van der Waals surface area (Å²) in [6.45, 7) is 2.05. The number of carbonyl (C=O) groups excluding carboxylic acids is 1. The van der Waals surface area contributed by atoms with Gasteiger partial charge < -0.3 is 16.0 Å². The number of pyridine rings is 1. The van der Waals surface area contributed by atoms with Crippen LogP contribution in [-0.2, 0) is 6.54 Å². The number of amides is 2. The average molecular weight is 208 g/mol. The van der Waals surface area contributed by atoms with Crippen LogP contribution in [-0.4, -0.2) is 31.2 Å². The molecule has 1 aromatic rings. The first-order chi connectivity index (χ1) is 7.33. The fraction of sp³-hybridized carbons (Fsp3) is 0.400. The van der Waals surface area contributed by atoms with E-state index in [0.29, 0.717) is 6.54 Å². The second-order valence-electron chi connectivity index (χ2n) is 3.00. The van der Waals surface area contributed by atoms with Gasteiger partial charge in [0.05, 0.1) is 5.69 Å². The molecule has 0 aliphatic rings. The number of nitrogens with one attached hydrogen (secondary N) is 3. The van der Waals surface area contributed by atoms with Crippen molar-refractivity contribution in [3.8, 4) is 0 Å². The van der Waals surface area contributed by atoms with Gasteiger partial charge in [-0.1, -0.05) is 6.07 Å². The van der Waals surface area contributed by atoms with Crippen LogP contribution in [0.5, 0.6) is 0 Å². The van der Waals surface area contributed by atoms with Crippen molar-refractivity contribution >= 4 is 6.03 Å². The summed E-state index contributed by atoms with van der Waals surface area (Å²) in [7, 11) is 1.59. The summed E-state index contributed by atoms with van der Waals surface area (Å²) in [5.41, 5.74) is 0.998. The molecule has 1 rings (SSSR count). The minimum Gasteiger partial charge on any atom is -0.341 e. The van der Waals surface area contributed by atoms with Gasteiger partial charge in [-0.05, 0) is 12.1 Å². The van der Waals surface area contributed by atoms with E-state index in [0.717, 1.165) is 18.8 Å². The zero-order chi connectivity index (χ0) is 10.9. The van der Waals surface area contributed by atoms with E-state index in [1.54, 1.807) is 13.2 Å². The molecule has 82 valence electrons. The molecular weight excluding hydrogens is 192 g/mol. The SMILES string of the molecule is CNC(=O)NCCNCc1ccccn1. The lowest BCUT2D eigenvalue weighted by Gasteiger charge is -2.05. The Labute approximate surface area is 89.3 Å². The van der Waals surface area contributed by atoms with Crippen molar-refractivity contribution in [2.75, 3.05) is 20.1 Å². The quantitative estimate of drug-likeness (QED) is 0.601. The molecule has 0 spiro atoms. The summed E-state index contributed by atoms with van der Waals surface area (Å²) >= 11 is 0. The highest BCUT2D eigenvalue weighted by Gasteiger charge is 1.94. The van der Waals surface area contributed by atoms with Gasteiger partial charge in [-0.15, -0.1) is 0 Å². The molecule has 0 radical (unpaired) electrons. The molecule has 0 saturated carbocycles. The van der Waals surface area contributed by atoms with Crippen LogP contribution in [0.2, 0.25) is 0 Å². The van der Waals surface area contributed by atoms with Crippen molar-refractivity contribution in [2.24, 2.45) is 0 Å². The molecule has 1 aromatic heterocycles. The lowest BCUT2D eigenvalue weighted by molar-refractivity contribution is 0.243. The topological polar surface area (TPSA) is 66.1 Å². The van der Waals surface area contributed by atoms with Crippen LogP contribution >= 0.6 is 0 Å². The highest BCUT2D eigenvalue weighted by Crippen LogP contribution is 1.90. The third-order valence-electron chi connectivity index (χ3n) is 1.85. The van der Waals surface area contributed by atoms with Crippen molar-refractivity contribution in [1.82, 2.24) is 20.9 Å². The summed E-state index contributed by atoms with van der Waals surface area (Å²) < 4.78 is 0. The van der Waals surface area contributed by atoms with Gasteiger partial charge in [0, 0.05) is 32.9 Å². The van der Waals surface area contributed by atoms with Crippen LogP contribution in [0.1, 0.15) is 5.69 Å². The van der Waals surface area contributed by atoms with Crippen LogP contribution in [0, 0.1) is 0 Å². The van der Waals surface area contributed by atoms with E-state index in [4.69, 9.17) is 0 Å². The minimum absolute atomic E-state index is 0.158. The predicted molar refractivity (Wildman–Crippen MR) is 58.4 cm³/mol. The van der Waals surface area contributed by atoms with Gasteiger partial charge in [0.2, 0.25) is 0 Å². The molecule has 0 aliphatic heterocycles. The fourth-order valence-electron chi connectivity index (χ4n) is 1.07. The Kier molecular flexibility index (Phi) is 5.18.